The first-order valence-electron chi connectivity index (χ1n) is 8.36. The number of nitrogens with zero attached hydrogens (tertiary/aromatic N) is 2. The van der Waals surface area contributed by atoms with Crippen LogP contribution in [0, 0.1) is 5.82 Å². The number of benzene rings is 2. The van der Waals surface area contributed by atoms with Crippen molar-refractivity contribution in [3.8, 4) is 17.0 Å². The maximum atomic E-state index is 13.1. The number of sulfonamides is 1. The predicted molar refractivity (Wildman–Crippen MR) is 109 cm³/mol. The molecule has 1 amide bonds. The average Bonchev–Trinajstić information content (AvgIpc) is 3.16. The van der Waals surface area contributed by atoms with E-state index in [0.717, 1.165) is 4.31 Å². The number of rotatable bonds is 6. The lowest BCUT2D eigenvalue weighted by molar-refractivity contribution is 0.102. The summed E-state index contributed by atoms with van der Waals surface area (Å²) < 4.78 is 44.2. The van der Waals surface area contributed by atoms with Crippen LogP contribution in [0.1, 0.15) is 10.4 Å². The Morgan fingerprint density at radius 3 is 2.48 bits per heavy atom. The van der Waals surface area contributed by atoms with Crippen LogP contribution >= 0.6 is 11.3 Å². The van der Waals surface area contributed by atoms with Gasteiger partial charge in [-0.3, -0.25) is 10.1 Å². The summed E-state index contributed by atoms with van der Waals surface area (Å²) >= 11 is 1.21. The van der Waals surface area contributed by atoms with Gasteiger partial charge in [0.25, 0.3) is 5.91 Å². The molecule has 29 heavy (non-hydrogen) atoms. The van der Waals surface area contributed by atoms with Gasteiger partial charge < -0.3 is 4.74 Å². The van der Waals surface area contributed by atoms with Gasteiger partial charge in [0.15, 0.2) is 5.13 Å². The number of hydrogen-bond donors (Lipinski definition) is 1. The maximum absolute atomic E-state index is 13.1. The summed E-state index contributed by atoms with van der Waals surface area (Å²) in [5.74, 6) is -0.716. The van der Waals surface area contributed by atoms with Crippen molar-refractivity contribution >= 4 is 32.4 Å². The number of hydrogen-bond acceptors (Lipinski definition) is 6. The van der Waals surface area contributed by atoms with Crippen LogP contribution in [0.2, 0.25) is 0 Å². The number of carbonyl (C=O) groups is 1. The molecule has 0 bridgehead atoms. The van der Waals surface area contributed by atoms with Crippen LogP contribution in [-0.2, 0) is 10.0 Å². The Morgan fingerprint density at radius 2 is 1.86 bits per heavy atom. The van der Waals surface area contributed by atoms with Gasteiger partial charge in [-0.2, -0.15) is 0 Å². The molecule has 0 aliphatic carbocycles. The number of ether oxygens (including phenoxy) is 1. The topological polar surface area (TPSA) is 88.6 Å². The van der Waals surface area contributed by atoms with Crippen molar-refractivity contribution in [2.45, 2.75) is 4.90 Å². The first-order chi connectivity index (χ1) is 13.7. The number of methoxy groups -OCH3 is 1. The molecule has 1 aromatic heterocycles. The van der Waals surface area contributed by atoms with Crippen LogP contribution in [0.5, 0.6) is 5.75 Å². The lowest BCUT2D eigenvalue weighted by Gasteiger charge is -2.15. The molecule has 1 heterocycles. The molecule has 0 spiro atoms. The first-order valence-corrected chi connectivity index (χ1v) is 10.7. The van der Waals surface area contributed by atoms with E-state index in [1.807, 2.05) is 0 Å². The normalized spacial score (nSPS) is 11.5. The highest BCUT2D eigenvalue weighted by molar-refractivity contribution is 7.89. The molecule has 0 aliphatic heterocycles. The van der Waals surface area contributed by atoms with Crippen molar-refractivity contribution in [1.82, 2.24) is 9.29 Å². The number of aromatic nitrogens is 1. The van der Waals surface area contributed by atoms with Gasteiger partial charge in [0.1, 0.15) is 16.5 Å². The summed E-state index contributed by atoms with van der Waals surface area (Å²) in [6.45, 7) is 0. The van der Waals surface area contributed by atoms with Crippen molar-refractivity contribution in [2.24, 2.45) is 0 Å². The van der Waals surface area contributed by atoms with Crippen molar-refractivity contribution in [2.75, 3.05) is 26.5 Å². The fourth-order valence-electron chi connectivity index (χ4n) is 2.47. The third kappa shape index (κ3) is 4.44. The minimum absolute atomic E-state index is 0.108. The molecule has 0 aliphatic rings. The smallest absolute Gasteiger partial charge is 0.257 e. The summed E-state index contributed by atoms with van der Waals surface area (Å²) in [5.41, 5.74) is 1.45. The summed E-state index contributed by atoms with van der Waals surface area (Å²) in [5, 5.41) is 4.72. The molecule has 152 valence electrons. The third-order valence-corrected chi connectivity index (χ3v) is 6.64. The standard InChI is InChI=1S/C19H18FN3O4S2/c1-23(2)29(25,26)17-10-13(6-9-16(17)27-3)18(24)22-19-21-15(11-28-19)12-4-7-14(20)8-5-12/h4-11H,1-3H3,(H,21,22,24). The Morgan fingerprint density at radius 1 is 1.17 bits per heavy atom. The number of carbonyl (C=O) groups excluding carboxylic acids is 1. The van der Waals surface area contributed by atoms with Crippen LogP contribution in [0.25, 0.3) is 11.3 Å². The first kappa shape index (κ1) is 20.9. The minimum atomic E-state index is -3.80. The van der Waals surface area contributed by atoms with Crippen LogP contribution in [0.3, 0.4) is 0 Å². The Bertz CT molecular complexity index is 1140. The fourth-order valence-corrected chi connectivity index (χ4v) is 4.26. The number of thiazole rings is 1. The average molecular weight is 436 g/mol. The molecule has 0 fully saturated rings. The second-order valence-corrected chi connectivity index (χ2v) is 9.13. The summed E-state index contributed by atoms with van der Waals surface area (Å²) in [6, 6.07) is 10.0. The Kier molecular flexibility index (Phi) is 5.96. The summed E-state index contributed by atoms with van der Waals surface area (Å²) in [7, 11) is 0.352. The zero-order valence-corrected chi connectivity index (χ0v) is 17.5. The number of halogens is 1. The summed E-state index contributed by atoms with van der Waals surface area (Å²) in [6.07, 6.45) is 0. The molecule has 3 rings (SSSR count). The van der Waals surface area contributed by atoms with E-state index in [2.05, 4.69) is 10.3 Å². The van der Waals surface area contributed by atoms with Crippen molar-refractivity contribution in [3.05, 3.63) is 59.2 Å². The largest absolute Gasteiger partial charge is 0.495 e. The van der Waals surface area contributed by atoms with E-state index in [4.69, 9.17) is 4.74 Å². The zero-order chi connectivity index (χ0) is 21.2. The van der Waals surface area contributed by atoms with E-state index in [9.17, 15) is 17.6 Å². The molecule has 0 atom stereocenters. The molecule has 0 radical (unpaired) electrons. The van der Waals surface area contributed by atoms with Crippen molar-refractivity contribution in [3.63, 3.8) is 0 Å². The van der Waals surface area contributed by atoms with E-state index in [1.54, 1.807) is 17.5 Å². The van der Waals surface area contributed by atoms with E-state index in [1.165, 1.54) is 62.9 Å². The molecule has 1 N–H and O–H groups in total. The molecular formula is C19H18FN3O4S2. The number of amides is 1. The van der Waals surface area contributed by atoms with Crippen LogP contribution in [0.15, 0.2) is 52.7 Å². The van der Waals surface area contributed by atoms with Gasteiger partial charge in [-0.1, -0.05) is 0 Å². The number of anilines is 1. The van der Waals surface area contributed by atoms with Gasteiger partial charge in [-0.05, 0) is 42.5 Å². The van der Waals surface area contributed by atoms with Crippen LogP contribution in [-0.4, -0.2) is 44.8 Å². The van der Waals surface area contributed by atoms with Crippen LogP contribution < -0.4 is 10.1 Å². The maximum Gasteiger partial charge on any atom is 0.257 e. The van der Waals surface area contributed by atoms with E-state index < -0.39 is 15.9 Å². The SMILES string of the molecule is COc1ccc(C(=O)Nc2nc(-c3ccc(F)cc3)cs2)cc1S(=O)(=O)N(C)C. The quantitative estimate of drug-likeness (QED) is 0.641. The number of nitrogens with one attached hydrogen (secondary N) is 1. The van der Waals surface area contributed by atoms with Gasteiger partial charge in [-0.15, -0.1) is 11.3 Å². The van der Waals surface area contributed by atoms with Gasteiger partial charge in [-0.25, -0.2) is 22.1 Å². The third-order valence-electron chi connectivity index (χ3n) is 4.05. The zero-order valence-electron chi connectivity index (χ0n) is 15.8. The Balaban J connectivity index is 1.85. The monoisotopic (exact) mass is 435 g/mol. The lowest BCUT2D eigenvalue weighted by atomic mass is 10.2. The Labute approximate surface area is 171 Å². The summed E-state index contributed by atoms with van der Waals surface area (Å²) in [4.78, 5) is 16.8. The molecule has 2 aromatic carbocycles. The highest BCUT2D eigenvalue weighted by Gasteiger charge is 2.24. The second kappa shape index (κ2) is 8.27. The van der Waals surface area contributed by atoms with Crippen LogP contribution in [0.4, 0.5) is 9.52 Å². The molecule has 7 nitrogen and oxygen atoms in total. The van der Waals surface area contributed by atoms with Gasteiger partial charge in [0, 0.05) is 30.6 Å². The second-order valence-electron chi connectivity index (χ2n) is 6.15. The molecular weight excluding hydrogens is 417 g/mol. The van der Waals surface area contributed by atoms with Gasteiger partial charge in [0.2, 0.25) is 10.0 Å². The van der Waals surface area contributed by atoms with Crippen molar-refractivity contribution in [1.29, 1.82) is 0 Å². The predicted octanol–water partition coefficient (Wildman–Crippen LogP) is 3.46. The minimum Gasteiger partial charge on any atom is -0.495 e. The highest BCUT2D eigenvalue weighted by Crippen LogP contribution is 2.28. The Hall–Kier alpha value is -2.82. The van der Waals surface area contributed by atoms with Crippen molar-refractivity contribution < 1.29 is 22.3 Å². The van der Waals surface area contributed by atoms with E-state index in [0.29, 0.717) is 16.4 Å². The molecule has 3 aromatic rings. The van der Waals surface area contributed by atoms with E-state index >= 15 is 0 Å². The molecule has 0 unspecified atom stereocenters. The molecule has 0 saturated heterocycles. The fraction of sp³-hybridized carbons (Fsp3) is 0.158. The lowest BCUT2D eigenvalue weighted by Crippen LogP contribution is -2.23. The van der Waals surface area contributed by atoms with Gasteiger partial charge >= 0.3 is 0 Å². The molecule has 0 saturated carbocycles. The van der Waals surface area contributed by atoms with E-state index in [-0.39, 0.29) is 22.0 Å². The van der Waals surface area contributed by atoms with Gasteiger partial charge in [0.05, 0.1) is 12.8 Å². The molecule has 10 heteroatoms. The highest BCUT2D eigenvalue weighted by atomic mass is 32.2.